The number of Topliss-reactive ketones (excluding diaryl/α,β-unsaturated/α-hetero) is 1. The normalized spacial score (nSPS) is 20.2. The van der Waals surface area contributed by atoms with E-state index in [1.54, 1.807) is 34.1 Å². The Bertz CT molecular complexity index is 1280. The van der Waals surface area contributed by atoms with Crippen LogP contribution in [-0.4, -0.2) is 32.1 Å². The van der Waals surface area contributed by atoms with Gasteiger partial charge in [0.2, 0.25) is 0 Å². The van der Waals surface area contributed by atoms with Crippen molar-refractivity contribution in [1.82, 2.24) is 5.32 Å². The van der Waals surface area contributed by atoms with Gasteiger partial charge in [0.05, 0.1) is 31.8 Å². The van der Waals surface area contributed by atoms with E-state index in [-0.39, 0.29) is 40.4 Å². The van der Waals surface area contributed by atoms with Gasteiger partial charge in [-0.05, 0) is 62.4 Å². The number of ketones is 1. The molecule has 0 bridgehead atoms. The van der Waals surface area contributed by atoms with Crippen molar-refractivity contribution < 1.29 is 28.2 Å². The maximum absolute atomic E-state index is 15.3. The highest BCUT2D eigenvalue weighted by Crippen LogP contribution is 2.48. The zero-order chi connectivity index (χ0) is 26.9. The van der Waals surface area contributed by atoms with Crippen LogP contribution in [0.4, 0.5) is 4.39 Å². The predicted molar refractivity (Wildman–Crippen MR) is 139 cm³/mol. The van der Waals surface area contributed by atoms with Crippen molar-refractivity contribution in [3.63, 3.8) is 0 Å². The van der Waals surface area contributed by atoms with Gasteiger partial charge in [0, 0.05) is 34.0 Å². The Morgan fingerprint density at radius 3 is 2.54 bits per heavy atom. The molecule has 0 fully saturated rings. The number of carbonyl (C=O) groups excluding carboxylic acids is 2. The minimum Gasteiger partial charge on any atom is -0.493 e. The molecule has 1 N–H and O–H groups in total. The zero-order valence-corrected chi connectivity index (χ0v) is 22.4. The minimum atomic E-state index is -0.972. The van der Waals surface area contributed by atoms with Gasteiger partial charge in [-0.1, -0.05) is 30.7 Å². The molecule has 0 saturated carbocycles. The predicted octanol–water partition coefficient (Wildman–Crippen LogP) is 6.20. The molecular weight excluding hydrogens is 497 g/mol. The second kappa shape index (κ2) is 11.0. The van der Waals surface area contributed by atoms with Gasteiger partial charge in [0.25, 0.3) is 0 Å². The quantitative estimate of drug-likeness (QED) is 0.432. The van der Waals surface area contributed by atoms with Gasteiger partial charge in [-0.2, -0.15) is 0 Å². The molecule has 1 aliphatic heterocycles. The van der Waals surface area contributed by atoms with Crippen LogP contribution in [0.3, 0.4) is 0 Å². The molecule has 0 aromatic heterocycles. The number of methoxy groups -OCH3 is 2. The Labute approximate surface area is 221 Å². The lowest BCUT2D eigenvalue weighted by Crippen LogP contribution is -2.37. The number of hydrogen-bond acceptors (Lipinski definition) is 6. The highest BCUT2D eigenvalue weighted by molar-refractivity contribution is 6.31. The molecule has 3 atom stereocenters. The Morgan fingerprint density at radius 2 is 1.89 bits per heavy atom. The number of ether oxygens (including phenoxy) is 3. The van der Waals surface area contributed by atoms with Crippen LogP contribution in [-0.2, 0) is 14.3 Å². The van der Waals surface area contributed by atoms with Gasteiger partial charge in [-0.3, -0.25) is 4.79 Å². The van der Waals surface area contributed by atoms with Crippen LogP contribution in [0.15, 0.2) is 58.9 Å². The lowest BCUT2D eigenvalue weighted by Gasteiger charge is -2.37. The Balaban J connectivity index is 1.81. The van der Waals surface area contributed by atoms with Gasteiger partial charge < -0.3 is 19.5 Å². The fraction of sp³-hybridized carbons (Fsp3) is 0.379. The van der Waals surface area contributed by atoms with Crippen molar-refractivity contribution in [1.29, 1.82) is 0 Å². The van der Waals surface area contributed by atoms with Gasteiger partial charge in [-0.25, -0.2) is 9.18 Å². The van der Waals surface area contributed by atoms with E-state index >= 15 is 4.39 Å². The summed E-state index contributed by atoms with van der Waals surface area (Å²) in [5.41, 5.74) is 2.74. The lowest BCUT2D eigenvalue weighted by atomic mass is 9.71. The monoisotopic (exact) mass is 527 g/mol. The SMILES string of the molecule is CC[C@@H](C)OC(=O)C1=C(C)NC2=C(C(=O)C[C@@H](c3ccc(OC)c(OC)c3)C2)[C@H]1c1c(F)cccc1Cl. The molecule has 0 saturated heterocycles. The summed E-state index contributed by atoms with van der Waals surface area (Å²) in [5.74, 6) is -1.29. The summed E-state index contributed by atoms with van der Waals surface area (Å²) in [4.78, 5) is 27.1. The number of nitrogens with one attached hydrogen (secondary N) is 1. The maximum Gasteiger partial charge on any atom is 0.337 e. The molecule has 0 radical (unpaired) electrons. The van der Waals surface area contributed by atoms with Gasteiger partial charge in [0.1, 0.15) is 5.82 Å². The number of allylic oxidation sites excluding steroid dienone is 3. The molecular formula is C29H31ClFNO5. The molecule has 0 spiro atoms. The van der Waals surface area contributed by atoms with Crippen molar-refractivity contribution in [2.45, 2.75) is 58.0 Å². The summed E-state index contributed by atoms with van der Waals surface area (Å²) in [7, 11) is 3.13. The second-order valence-corrected chi connectivity index (χ2v) is 9.80. The highest BCUT2D eigenvalue weighted by atomic mass is 35.5. The number of carbonyl (C=O) groups is 2. The third kappa shape index (κ3) is 5.10. The summed E-state index contributed by atoms with van der Waals surface area (Å²) >= 11 is 6.48. The van der Waals surface area contributed by atoms with Crippen LogP contribution in [0.25, 0.3) is 0 Å². The van der Waals surface area contributed by atoms with Crippen LogP contribution in [0, 0.1) is 5.82 Å². The first-order chi connectivity index (χ1) is 17.7. The molecule has 2 aromatic rings. The molecule has 6 nitrogen and oxygen atoms in total. The van der Waals surface area contributed by atoms with Crippen molar-refractivity contribution in [3.8, 4) is 11.5 Å². The lowest BCUT2D eigenvalue weighted by molar-refractivity contribution is -0.144. The largest absolute Gasteiger partial charge is 0.493 e. The van der Waals surface area contributed by atoms with Gasteiger partial charge in [0.15, 0.2) is 17.3 Å². The molecule has 2 aromatic carbocycles. The van der Waals surface area contributed by atoms with Gasteiger partial charge >= 0.3 is 5.97 Å². The van der Waals surface area contributed by atoms with Gasteiger partial charge in [-0.15, -0.1) is 0 Å². The van der Waals surface area contributed by atoms with Crippen molar-refractivity contribution in [3.05, 3.63) is 80.9 Å². The topological polar surface area (TPSA) is 73.9 Å². The van der Waals surface area contributed by atoms with E-state index in [4.69, 9.17) is 25.8 Å². The number of rotatable bonds is 7. The first kappa shape index (κ1) is 26.7. The van der Waals surface area contributed by atoms with E-state index in [0.717, 1.165) is 5.56 Å². The summed E-state index contributed by atoms with van der Waals surface area (Å²) < 4.78 is 31.7. The van der Waals surface area contributed by atoms with E-state index in [9.17, 15) is 9.59 Å². The van der Waals surface area contributed by atoms with Crippen molar-refractivity contribution in [2.24, 2.45) is 0 Å². The third-order valence-corrected chi connectivity index (χ3v) is 7.43. The van der Waals surface area contributed by atoms with Crippen LogP contribution in [0.1, 0.15) is 63.0 Å². The number of halogens is 2. The second-order valence-electron chi connectivity index (χ2n) is 9.39. The number of benzene rings is 2. The van der Waals surface area contributed by atoms with Crippen LogP contribution in [0.5, 0.6) is 11.5 Å². The molecule has 1 aliphatic carbocycles. The van der Waals surface area contributed by atoms with E-state index in [2.05, 4.69) is 5.32 Å². The third-order valence-electron chi connectivity index (χ3n) is 7.10. The van der Waals surface area contributed by atoms with Crippen molar-refractivity contribution in [2.75, 3.05) is 14.2 Å². The Kier molecular flexibility index (Phi) is 7.93. The zero-order valence-electron chi connectivity index (χ0n) is 21.6. The van der Waals surface area contributed by atoms with E-state index in [1.807, 2.05) is 25.1 Å². The summed E-state index contributed by atoms with van der Waals surface area (Å²) in [5, 5.41) is 3.42. The fourth-order valence-corrected chi connectivity index (χ4v) is 5.33. The van der Waals surface area contributed by atoms with Crippen LogP contribution < -0.4 is 14.8 Å². The molecule has 0 unspecified atom stereocenters. The molecule has 196 valence electrons. The highest BCUT2D eigenvalue weighted by Gasteiger charge is 2.43. The van der Waals surface area contributed by atoms with Crippen LogP contribution in [0.2, 0.25) is 5.02 Å². The first-order valence-electron chi connectivity index (χ1n) is 12.3. The summed E-state index contributed by atoms with van der Waals surface area (Å²) in [6.45, 7) is 5.44. The molecule has 4 rings (SSSR count). The molecule has 0 amide bonds. The molecule has 37 heavy (non-hydrogen) atoms. The average Bonchev–Trinajstić information content (AvgIpc) is 2.87. The van der Waals surface area contributed by atoms with E-state index < -0.39 is 17.7 Å². The molecule has 2 aliphatic rings. The fourth-order valence-electron chi connectivity index (χ4n) is 5.06. The summed E-state index contributed by atoms with van der Waals surface area (Å²) in [6.07, 6.45) is 0.961. The number of esters is 1. The number of dihydropyridines is 1. The van der Waals surface area contributed by atoms with Crippen LogP contribution >= 0.6 is 11.6 Å². The van der Waals surface area contributed by atoms with E-state index in [1.165, 1.54) is 12.1 Å². The van der Waals surface area contributed by atoms with Crippen molar-refractivity contribution >= 4 is 23.4 Å². The average molecular weight is 528 g/mol. The Morgan fingerprint density at radius 1 is 1.16 bits per heavy atom. The summed E-state index contributed by atoms with van der Waals surface area (Å²) in [6, 6.07) is 9.95. The maximum atomic E-state index is 15.3. The first-order valence-corrected chi connectivity index (χ1v) is 12.7. The standard InChI is InChI=1S/C29H31ClFNO5/c1-6-15(2)37-29(34)25-16(3)32-21-12-18(17-10-11-23(35-4)24(14-17)36-5)13-22(33)27(21)28(25)26-19(30)8-7-9-20(26)31/h7-11,14-15,18,28,32H,6,12-13H2,1-5H3/t15-,18+,28-/m1/s1. The number of hydrogen-bond donors (Lipinski definition) is 1. The smallest absolute Gasteiger partial charge is 0.337 e. The molecule has 1 heterocycles. The minimum absolute atomic E-state index is 0.103. The molecule has 8 heteroatoms. The Hall–Kier alpha value is -3.32. The van der Waals surface area contributed by atoms with E-state index in [0.29, 0.717) is 41.3 Å².